The molecule has 1 saturated heterocycles. The van der Waals surface area contributed by atoms with Crippen LogP contribution in [0.1, 0.15) is 63.2 Å². The molecule has 2 heterocycles. The summed E-state index contributed by atoms with van der Waals surface area (Å²) in [7, 11) is 1.73. The van der Waals surface area contributed by atoms with Gasteiger partial charge in [-0.1, -0.05) is 49.7 Å². The SMILES string of the molecule is CCCCO[C@H]1CN[C@@H]([C@@H](O)[C@H](Cc2ccccc2)NC(=O)c2cccc(C(=O)N(C)Cc3nc(C)cs3)c2)C1. The lowest BCUT2D eigenvalue weighted by Gasteiger charge is -2.29. The molecule has 9 heteroatoms. The number of amides is 2. The van der Waals surface area contributed by atoms with Crippen LogP contribution in [0.3, 0.4) is 0 Å². The molecule has 0 spiro atoms. The number of benzene rings is 2. The highest BCUT2D eigenvalue weighted by atomic mass is 32.1. The molecule has 8 nitrogen and oxygen atoms in total. The summed E-state index contributed by atoms with van der Waals surface area (Å²) in [6.07, 6.45) is 2.47. The fourth-order valence-corrected chi connectivity index (χ4v) is 5.76. The molecular formula is C31H40N4O4S. The molecule has 1 aliphatic heterocycles. The maximum atomic E-state index is 13.4. The number of unbranched alkanes of at least 4 members (excludes halogenated alkanes) is 1. The molecule has 4 rings (SSSR count). The van der Waals surface area contributed by atoms with Gasteiger partial charge in [-0.25, -0.2) is 4.98 Å². The summed E-state index contributed by atoms with van der Waals surface area (Å²) in [5, 5.41) is 20.7. The van der Waals surface area contributed by atoms with Crippen LogP contribution in [0, 0.1) is 6.92 Å². The number of hydrogen-bond acceptors (Lipinski definition) is 7. The Hall–Kier alpha value is -3.11. The van der Waals surface area contributed by atoms with Crippen LogP contribution < -0.4 is 10.6 Å². The summed E-state index contributed by atoms with van der Waals surface area (Å²) < 4.78 is 5.97. The summed E-state index contributed by atoms with van der Waals surface area (Å²) in [6, 6.07) is 15.8. The van der Waals surface area contributed by atoms with Crippen LogP contribution in [0.5, 0.6) is 0 Å². The van der Waals surface area contributed by atoms with Crippen molar-refractivity contribution < 1.29 is 19.4 Å². The van der Waals surface area contributed by atoms with Crippen LogP contribution in [0.25, 0.3) is 0 Å². The minimum absolute atomic E-state index is 0.0484. The van der Waals surface area contributed by atoms with Gasteiger partial charge >= 0.3 is 0 Å². The molecule has 0 aliphatic carbocycles. The number of aliphatic hydroxyl groups is 1. The molecule has 40 heavy (non-hydrogen) atoms. The predicted molar refractivity (Wildman–Crippen MR) is 158 cm³/mol. The van der Waals surface area contributed by atoms with Gasteiger partial charge in [-0.2, -0.15) is 0 Å². The van der Waals surface area contributed by atoms with Crippen molar-refractivity contribution in [1.82, 2.24) is 20.5 Å². The van der Waals surface area contributed by atoms with E-state index in [0.29, 0.717) is 43.7 Å². The average Bonchev–Trinajstić information content (AvgIpc) is 3.61. The van der Waals surface area contributed by atoms with Crippen LogP contribution in [0.15, 0.2) is 60.0 Å². The number of carbonyl (C=O) groups excluding carboxylic acids is 2. The number of aromatic nitrogens is 1. The van der Waals surface area contributed by atoms with Gasteiger partial charge in [0, 0.05) is 48.4 Å². The van der Waals surface area contributed by atoms with Gasteiger partial charge in [-0.15, -0.1) is 11.3 Å². The van der Waals surface area contributed by atoms with E-state index in [4.69, 9.17) is 4.74 Å². The fraction of sp³-hybridized carbons (Fsp3) is 0.452. The Morgan fingerprint density at radius 2 is 1.98 bits per heavy atom. The molecule has 214 valence electrons. The summed E-state index contributed by atoms with van der Waals surface area (Å²) in [5.41, 5.74) is 2.74. The molecular weight excluding hydrogens is 524 g/mol. The summed E-state index contributed by atoms with van der Waals surface area (Å²) in [5.74, 6) is -0.519. The van der Waals surface area contributed by atoms with Crippen molar-refractivity contribution in [2.75, 3.05) is 20.2 Å². The second-order valence-electron chi connectivity index (χ2n) is 10.5. The zero-order valence-electron chi connectivity index (χ0n) is 23.5. The predicted octanol–water partition coefficient (Wildman–Crippen LogP) is 3.97. The van der Waals surface area contributed by atoms with Crippen LogP contribution in [0.2, 0.25) is 0 Å². The minimum Gasteiger partial charge on any atom is -0.389 e. The number of aliphatic hydroxyl groups excluding tert-OH is 1. The Morgan fingerprint density at radius 1 is 1.20 bits per heavy atom. The maximum absolute atomic E-state index is 13.4. The lowest BCUT2D eigenvalue weighted by atomic mass is 9.94. The van der Waals surface area contributed by atoms with E-state index < -0.39 is 12.1 Å². The number of aryl methyl sites for hydroxylation is 1. The highest BCUT2D eigenvalue weighted by Crippen LogP contribution is 2.19. The van der Waals surface area contributed by atoms with Gasteiger partial charge in [0.25, 0.3) is 11.8 Å². The van der Waals surface area contributed by atoms with Crippen molar-refractivity contribution >= 4 is 23.2 Å². The van der Waals surface area contributed by atoms with Gasteiger partial charge in [-0.05, 0) is 49.9 Å². The quantitative estimate of drug-likeness (QED) is 0.272. The number of rotatable bonds is 13. The molecule has 1 aliphatic rings. The second-order valence-corrected chi connectivity index (χ2v) is 11.4. The molecule has 0 radical (unpaired) electrons. The van der Waals surface area contributed by atoms with Crippen molar-refractivity contribution in [3.63, 3.8) is 0 Å². The van der Waals surface area contributed by atoms with Gasteiger partial charge in [0.1, 0.15) is 5.01 Å². The van der Waals surface area contributed by atoms with Crippen molar-refractivity contribution in [2.24, 2.45) is 0 Å². The number of nitrogens with one attached hydrogen (secondary N) is 2. The first kappa shape index (κ1) is 29.9. The smallest absolute Gasteiger partial charge is 0.253 e. The van der Waals surface area contributed by atoms with E-state index >= 15 is 0 Å². The molecule has 3 N–H and O–H groups in total. The fourth-order valence-electron chi connectivity index (χ4n) is 4.94. The number of ether oxygens (including phenoxy) is 1. The molecule has 2 amide bonds. The highest BCUT2D eigenvalue weighted by molar-refractivity contribution is 7.09. The molecule has 3 aromatic rings. The molecule has 4 atom stereocenters. The Bertz CT molecular complexity index is 1250. The van der Waals surface area contributed by atoms with Crippen LogP contribution in [-0.4, -0.2) is 71.3 Å². The van der Waals surface area contributed by atoms with Crippen LogP contribution >= 0.6 is 11.3 Å². The van der Waals surface area contributed by atoms with Crippen molar-refractivity contribution in [3.8, 4) is 0 Å². The highest BCUT2D eigenvalue weighted by Gasteiger charge is 2.35. The lowest BCUT2D eigenvalue weighted by Crippen LogP contribution is -2.52. The zero-order valence-corrected chi connectivity index (χ0v) is 24.3. The third-order valence-electron chi connectivity index (χ3n) is 7.17. The van der Waals surface area contributed by atoms with E-state index in [9.17, 15) is 14.7 Å². The van der Waals surface area contributed by atoms with E-state index in [1.807, 2.05) is 42.6 Å². The largest absolute Gasteiger partial charge is 0.389 e. The van der Waals surface area contributed by atoms with E-state index in [2.05, 4.69) is 22.5 Å². The Morgan fingerprint density at radius 3 is 2.70 bits per heavy atom. The van der Waals surface area contributed by atoms with E-state index in [-0.39, 0.29) is 24.0 Å². The standard InChI is InChI=1S/C31H40N4O4S/c1-4-5-14-39-25-17-26(32-18-25)29(36)27(15-22-10-7-6-8-11-22)34-30(37)23-12-9-13-24(16-23)31(38)35(3)19-28-33-21(2)20-40-28/h6-13,16,20,25-27,29,32,36H,4-5,14-15,17-19H2,1-3H3,(H,34,37)/t25-,26-,27+,29-/m1/s1. The van der Waals surface area contributed by atoms with Gasteiger partial charge in [0.15, 0.2) is 0 Å². The minimum atomic E-state index is -0.818. The number of thiazole rings is 1. The van der Waals surface area contributed by atoms with Gasteiger partial charge < -0.3 is 25.4 Å². The first-order valence-electron chi connectivity index (χ1n) is 14.0. The number of nitrogens with zero attached hydrogens (tertiary/aromatic N) is 2. The normalized spacial score (nSPS) is 18.3. The molecule has 1 aromatic heterocycles. The van der Waals surface area contributed by atoms with Crippen LogP contribution in [0.4, 0.5) is 0 Å². The maximum Gasteiger partial charge on any atom is 0.253 e. The van der Waals surface area contributed by atoms with E-state index in [1.54, 1.807) is 36.2 Å². The van der Waals surface area contributed by atoms with E-state index in [0.717, 1.165) is 29.1 Å². The number of hydrogen-bond donors (Lipinski definition) is 3. The molecule has 0 saturated carbocycles. The van der Waals surface area contributed by atoms with Crippen molar-refractivity contribution in [1.29, 1.82) is 0 Å². The Labute approximate surface area is 240 Å². The Kier molecular flexibility index (Phi) is 10.8. The van der Waals surface area contributed by atoms with Gasteiger partial charge in [0.05, 0.1) is 24.8 Å². The van der Waals surface area contributed by atoms with Gasteiger partial charge in [0.2, 0.25) is 0 Å². The average molecular weight is 565 g/mol. The topological polar surface area (TPSA) is 104 Å². The van der Waals surface area contributed by atoms with E-state index in [1.165, 1.54) is 11.3 Å². The zero-order chi connectivity index (χ0) is 28.5. The molecule has 0 unspecified atom stereocenters. The first-order chi connectivity index (χ1) is 19.3. The van der Waals surface area contributed by atoms with Crippen LogP contribution in [-0.2, 0) is 17.7 Å². The second kappa shape index (κ2) is 14.5. The Balaban J connectivity index is 1.44. The summed E-state index contributed by atoms with van der Waals surface area (Å²) in [4.78, 5) is 32.6. The van der Waals surface area contributed by atoms with Gasteiger partial charge in [-0.3, -0.25) is 9.59 Å². The lowest BCUT2D eigenvalue weighted by molar-refractivity contribution is 0.0498. The molecule has 0 bridgehead atoms. The van der Waals surface area contributed by atoms with Crippen molar-refractivity contribution in [3.05, 3.63) is 87.4 Å². The third-order valence-corrected chi connectivity index (χ3v) is 8.12. The number of carbonyl (C=O) groups is 2. The van der Waals surface area contributed by atoms with Crippen molar-refractivity contribution in [2.45, 2.75) is 70.4 Å². The third kappa shape index (κ3) is 8.20. The molecule has 1 fully saturated rings. The molecule has 2 aromatic carbocycles. The summed E-state index contributed by atoms with van der Waals surface area (Å²) in [6.45, 7) is 5.84. The monoisotopic (exact) mass is 564 g/mol. The first-order valence-corrected chi connectivity index (χ1v) is 14.9. The summed E-state index contributed by atoms with van der Waals surface area (Å²) >= 11 is 1.52.